The van der Waals surface area contributed by atoms with Crippen LogP contribution in [0.5, 0.6) is 0 Å². The van der Waals surface area contributed by atoms with Gasteiger partial charge in [0.1, 0.15) is 5.78 Å². The van der Waals surface area contributed by atoms with E-state index in [1.807, 2.05) is 0 Å². The van der Waals surface area contributed by atoms with Crippen molar-refractivity contribution in [2.24, 2.45) is 5.92 Å². The maximum Gasteiger partial charge on any atom is 0.138 e. The molecule has 0 radical (unpaired) electrons. The van der Waals surface area contributed by atoms with Crippen LogP contribution in [0.15, 0.2) is 0 Å². The van der Waals surface area contributed by atoms with E-state index in [9.17, 15) is 4.79 Å². The van der Waals surface area contributed by atoms with Gasteiger partial charge in [-0.05, 0) is 26.2 Å². The summed E-state index contributed by atoms with van der Waals surface area (Å²) >= 11 is 0. The molecule has 62 valence electrons. The van der Waals surface area contributed by atoms with E-state index >= 15 is 0 Å². The maximum atomic E-state index is 11.3. The van der Waals surface area contributed by atoms with Crippen molar-refractivity contribution >= 4 is 5.78 Å². The van der Waals surface area contributed by atoms with Crippen molar-refractivity contribution in [3.63, 3.8) is 0 Å². The van der Waals surface area contributed by atoms with Crippen LogP contribution in [-0.4, -0.2) is 18.0 Å². The fraction of sp³-hybridized carbons (Fsp3) is 0.889. The highest BCUT2D eigenvalue weighted by molar-refractivity contribution is 5.82. The predicted octanol–water partition coefficient (Wildman–Crippen LogP) is 1.53. The molecule has 0 aromatic rings. The second kappa shape index (κ2) is 2.59. The highest BCUT2D eigenvalue weighted by Gasteiger charge is 2.39. The lowest BCUT2D eigenvalue weighted by molar-refractivity contribution is -0.127. The Hall–Kier alpha value is -0.370. The molecule has 0 aromatic carbocycles. The fourth-order valence-electron chi connectivity index (χ4n) is 2.23. The molecule has 2 fully saturated rings. The minimum Gasteiger partial charge on any atom is -0.375 e. The van der Waals surface area contributed by atoms with Gasteiger partial charge in [0.25, 0.3) is 0 Å². The molecule has 11 heavy (non-hydrogen) atoms. The van der Waals surface area contributed by atoms with Gasteiger partial charge in [0, 0.05) is 12.3 Å². The van der Waals surface area contributed by atoms with Crippen LogP contribution in [-0.2, 0) is 9.53 Å². The predicted molar refractivity (Wildman–Crippen MR) is 41.3 cm³/mol. The first-order valence-corrected chi connectivity index (χ1v) is 4.45. The van der Waals surface area contributed by atoms with E-state index in [0.29, 0.717) is 11.9 Å². The van der Waals surface area contributed by atoms with Crippen molar-refractivity contribution < 1.29 is 9.53 Å². The molecule has 0 amide bonds. The summed E-state index contributed by atoms with van der Waals surface area (Å²) in [5.74, 6) is 0.685. The lowest BCUT2D eigenvalue weighted by Crippen LogP contribution is -2.28. The number of Topliss-reactive ketones (excluding diaryl/α,β-unsaturated/α-hetero) is 1. The molecule has 1 saturated carbocycles. The van der Waals surface area contributed by atoms with Gasteiger partial charge in [-0.25, -0.2) is 0 Å². The van der Waals surface area contributed by atoms with Crippen molar-refractivity contribution in [1.82, 2.24) is 0 Å². The van der Waals surface area contributed by atoms with E-state index in [1.165, 1.54) is 0 Å². The van der Waals surface area contributed by atoms with E-state index in [2.05, 4.69) is 6.92 Å². The molecule has 3 unspecified atom stereocenters. The van der Waals surface area contributed by atoms with Gasteiger partial charge in [-0.2, -0.15) is 0 Å². The molecule has 2 aliphatic rings. The quantitative estimate of drug-likeness (QED) is 0.529. The molecule has 0 spiro atoms. The zero-order chi connectivity index (χ0) is 7.84. The molecule has 2 heteroatoms. The third-order valence-corrected chi connectivity index (χ3v) is 2.77. The summed E-state index contributed by atoms with van der Waals surface area (Å²) < 4.78 is 5.61. The number of ketones is 1. The number of hydrogen-bond donors (Lipinski definition) is 0. The molecular formula is C9H14O2. The Morgan fingerprint density at radius 3 is 3.09 bits per heavy atom. The average Bonchev–Trinajstić information content (AvgIpc) is 2.31. The van der Waals surface area contributed by atoms with Gasteiger partial charge in [0.05, 0.1) is 12.2 Å². The second-order valence-corrected chi connectivity index (χ2v) is 3.69. The van der Waals surface area contributed by atoms with Crippen LogP contribution in [0.1, 0.15) is 32.6 Å². The van der Waals surface area contributed by atoms with Crippen molar-refractivity contribution in [1.29, 1.82) is 0 Å². The van der Waals surface area contributed by atoms with Gasteiger partial charge in [-0.1, -0.05) is 0 Å². The molecule has 1 saturated heterocycles. The van der Waals surface area contributed by atoms with Gasteiger partial charge >= 0.3 is 0 Å². The second-order valence-electron chi connectivity index (χ2n) is 3.69. The molecule has 0 aromatic heterocycles. The van der Waals surface area contributed by atoms with Gasteiger partial charge in [0.2, 0.25) is 0 Å². The van der Waals surface area contributed by atoms with Crippen molar-refractivity contribution in [2.45, 2.75) is 44.8 Å². The van der Waals surface area contributed by atoms with Gasteiger partial charge in [-0.3, -0.25) is 4.79 Å². The van der Waals surface area contributed by atoms with Crippen LogP contribution < -0.4 is 0 Å². The SMILES string of the molecule is CC1CC2C(=O)CCCC2O1. The Labute approximate surface area is 66.9 Å². The minimum atomic E-state index is 0.249. The van der Waals surface area contributed by atoms with E-state index in [-0.39, 0.29) is 12.0 Å². The zero-order valence-corrected chi connectivity index (χ0v) is 6.88. The molecular weight excluding hydrogens is 140 g/mol. The molecule has 1 aliphatic carbocycles. The number of carbonyl (C=O) groups is 1. The van der Waals surface area contributed by atoms with Crippen molar-refractivity contribution in [3.05, 3.63) is 0 Å². The van der Waals surface area contributed by atoms with E-state index < -0.39 is 0 Å². The van der Waals surface area contributed by atoms with Crippen LogP contribution >= 0.6 is 0 Å². The van der Waals surface area contributed by atoms with Crippen LogP contribution in [0.2, 0.25) is 0 Å². The summed E-state index contributed by atoms with van der Waals surface area (Å²) in [6, 6.07) is 0. The number of ether oxygens (including phenoxy) is 1. The minimum absolute atomic E-state index is 0.249. The third kappa shape index (κ3) is 1.20. The van der Waals surface area contributed by atoms with Crippen LogP contribution in [0.25, 0.3) is 0 Å². The summed E-state index contributed by atoms with van der Waals surface area (Å²) in [4.78, 5) is 11.3. The van der Waals surface area contributed by atoms with Gasteiger partial charge in [0.15, 0.2) is 0 Å². The highest BCUT2D eigenvalue weighted by Crippen LogP contribution is 2.34. The number of carbonyl (C=O) groups excluding carboxylic acids is 1. The Morgan fingerprint density at radius 2 is 2.36 bits per heavy atom. The summed E-state index contributed by atoms with van der Waals surface area (Å²) in [6.45, 7) is 2.06. The molecule has 1 heterocycles. The summed E-state index contributed by atoms with van der Waals surface area (Å²) in [7, 11) is 0. The normalized spacial score (nSPS) is 44.1. The first kappa shape index (κ1) is 7.29. The monoisotopic (exact) mass is 154 g/mol. The Morgan fingerprint density at radius 1 is 1.55 bits per heavy atom. The molecule has 1 aliphatic heterocycles. The Kier molecular flexibility index (Phi) is 1.72. The smallest absolute Gasteiger partial charge is 0.138 e. The van der Waals surface area contributed by atoms with E-state index in [4.69, 9.17) is 4.74 Å². The van der Waals surface area contributed by atoms with Crippen LogP contribution in [0.4, 0.5) is 0 Å². The largest absolute Gasteiger partial charge is 0.375 e. The lowest BCUT2D eigenvalue weighted by atomic mass is 9.84. The molecule has 2 nitrogen and oxygen atoms in total. The highest BCUT2D eigenvalue weighted by atomic mass is 16.5. The number of fused-ring (bicyclic) bond motifs is 1. The third-order valence-electron chi connectivity index (χ3n) is 2.77. The van der Waals surface area contributed by atoms with E-state index in [0.717, 1.165) is 25.7 Å². The topological polar surface area (TPSA) is 26.3 Å². The molecule has 2 rings (SSSR count). The standard InChI is InChI=1S/C9H14O2/c1-6-5-7-8(10)3-2-4-9(7)11-6/h6-7,9H,2-5H2,1H3. The van der Waals surface area contributed by atoms with Crippen molar-refractivity contribution in [2.75, 3.05) is 0 Å². The summed E-state index contributed by atoms with van der Waals surface area (Å²) in [6.07, 6.45) is 4.46. The Bertz CT molecular complexity index is 176. The van der Waals surface area contributed by atoms with Crippen LogP contribution in [0.3, 0.4) is 0 Å². The van der Waals surface area contributed by atoms with Crippen molar-refractivity contribution in [3.8, 4) is 0 Å². The van der Waals surface area contributed by atoms with E-state index in [1.54, 1.807) is 0 Å². The number of hydrogen-bond acceptors (Lipinski definition) is 2. The number of rotatable bonds is 0. The lowest BCUT2D eigenvalue weighted by Gasteiger charge is -2.21. The summed E-state index contributed by atoms with van der Waals surface area (Å²) in [5.41, 5.74) is 0. The fourth-order valence-corrected chi connectivity index (χ4v) is 2.23. The molecule has 0 N–H and O–H groups in total. The van der Waals surface area contributed by atoms with Crippen LogP contribution in [0, 0.1) is 5.92 Å². The first-order valence-electron chi connectivity index (χ1n) is 4.45. The molecule has 0 bridgehead atoms. The summed E-state index contributed by atoms with van der Waals surface area (Å²) in [5, 5.41) is 0. The van der Waals surface area contributed by atoms with Gasteiger partial charge < -0.3 is 4.74 Å². The maximum absolute atomic E-state index is 11.3. The molecule has 3 atom stereocenters. The average molecular weight is 154 g/mol. The Balaban J connectivity index is 2.09. The zero-order valence-electron chi connectivity index (χ0n) is 6.88. The van der Waals surface area contributed by atoms with Gasteiger partial charge in [-0.15, -0.1) is 0 Å². The first-order chi connectivity index (χ1) is 5.27.